The molecule has 4 nitrogen and oxygen atoms in total. The number of Topliss-reactive ketones (excluding diaryl/α,β-unsaturated/α-hetero) is 1. The molecule has 0 bridgehead atoms. The molecular formula is C11H13NO3. The molecule has 0 spiro atoms. The number of likely N-dealkylation sites (N-methyl/N-ethyl adjacent to an activating group) is 1. The van der Waals surface area contributed by atoms with E-state index in [4.69, 9.17) is 9.47 Å². The molecule has 4 heteroatoms. The fraction of sp³-hybridized carbons (Fsp3) is 0.364. The van der Waals surface area contributed by atoms with Crippen LogP contribution in [-0.2, 0) is 0 Å². The van der Waals surface area contributed by atoms with Crippen LogP contribution in [-0.4, -0.2) is 25.7 Å². The number of carbonyl (C=O) groups is 1. The molecule has 1 aromatic rings. The van der Waals surface area contributed by atoms with Gasteiger partial charge < -0.3 is 14.8 Å². The van der Waals surface area contributed by atoms with Crippen molar-refractivity contribution in [3.05, 3.63) is 23.8 Å². The van der Waals surface area contributed by atoms with Gasteiger partial charge in [0.2, 0.25) is 6.79 Å². The zero-order valence-electron chi connectivity index (χ0n) is 8.74. The lowest BCUT2D eigenvalue weighted by atomic mass is 10.0. The standard InChI is InChI=1S/C11H13NO3/c1-7(12-2)10(13)8-4-3-5-9-11(8)15-6-14-9/h3-5,7,12H,6H2,1-2H3/t7-/m0/s1. The lowest BCUT2D eigenvalue weighted by Gasteiger charge is -2.10. The number of fused-ring (bicyclic) bond motifs is 1. The molecular weight excluding hydrogens is 194 g/mol. The number of nitrogens with one attached hydrogen (secondary N) is 1. The Labute approximate surface area is 88.2 Å². The van der Waals surface area contributed by atoms with E-state index in [2.05, 4.69) is 5.32 Å². The number of ketones is 1. The van der Waals surface area contributed by atoms with Gasteiger partial charge in [0.05, 0.1) is 11.6 Å². The van der Waals surface area contributed by atoms with Gasteiger partial charge in [0.25, 0.3) is 0 Å². The van der Waals surface area contributed by atoms with Crippen molar-refractivity contribution in [3.63, 3.8) is 0 Å². The van der Waals surface area contributed by atoms with Crippen molar-refractivity contribution in [1.29, 1.82) is 0 Å². The average Bonchev–Trinajstić information content (AvgIpc) is 2.74. The maximum atomic E-state index is 11.9. The quantitative estimate of drug-likeness (QED) is 0.757. The molecule has 0 saturated heterocycles. The molecule has 0 radical (unpaired) electrons. The van der Waals surface area contributed by atoms with Crippen LogP contribution in [0.5, 0.6) is 11.5 Å². The van der Waals surface area contributed by atoms with E-state index in [0.717, 1.165) is 0 Å². The van der Waals surface area contributed by atoms with Crippen LogP contribution in [0.1, 0.15) is 17.3 Å². The molecule has 0 saturated carbocycles. The molecule has 1 aromatic carbocycles. The van der Waals surface area contributed by atoms with Crippen molar-refractivity contribution in [1.82, 2.24) is 5.32 Å². The highest BCUT2D eigenvalue weighted by atomic mass is 16.7. The number of ether oxygens (including phenoxy) is 2. The van der Waals surface area contributed by atoms with Crippen LogP contribution in [0.4, 0.5) is 0 Å². The van der Waals surface area contributed by atoms with Crippen LogP contribution < -0.4 is 14.8 Å². The highest BCUT2D eigenvalue weighted by Gasteiger charge is 2.23. The van der Waals surface area contributed by atoms with Gasteiger partial charge in [0.15, 0.2) is 17.3 Å². The molecule has 2 rings (SSSR count). The van der Waals surface area contributed by atoms with Gasteiger partial charge in [-0.2, -0.15) is 0 Å². The van der Waals surface area contributed by atoms with Crippen LogP contribution in [0.3, 0.4) is 0 Å². The summed E-state index contributed by atoms with van der Waals surface area (Å²) in [5, 5.41) is 2.91. The number of benzene rings is 1. The SMILES string of the molecule is CN[C@@H](C)C(=O)c1cccc2c1OCO2. The second-order valence-corrected chi connectivity index (χ2v) is 3.41. The van der Waals surface area contributed by atoms with E-state index >= 15 is 0 Å². The molecule has 0 unspecified atom stereocenters. The zero-order chi connectivity index (χ0) is 10.8. The largest absolute Gasteiger partial charge is 0.454 e. The molecule has 0 fully saturated rings. The van der Waals surface area contributed by atoms with Gasteiger partial charge in [0.1, 0.15) is 0 Å². The van der Waals surface area contributed by atoms with Crippen LogP contribution in [0.15, 0.2) is 18.2 Å². The zero-order valence-corrected chi connectivity index (χ0v) is 8.74. The summed E-state index contributed by atoms with van der Waals surface area (Å²) in [6, 6.07) is 5.12. The van der Waals surface area contributed by atoms with Crippen LogP contribution in [0.2, 0.25) is 0 Å². The minimum atomic E-state index is -0.222. The summed E-state index contributed by atoms with van der Waals surface area (Å²) in [5.41, 5.74) is 0.576. The lowest BCUT2D eigenvalue weighted by Crippen LogP contribution is -2.30. The molecule has 0 aliphatic carbocycles. The van der Waals surface area contributed by atoms with Crippen LogP contribution in [0, 0.1) is 0 Å². The summed E-state index contributed by atoms with van der Waals surface area (Å²) in [7, 11) is 1.75. The third-order valence-corrected chi connectivity index (χ3v) is 2.49. The Kier molecular flexibility index (Phi) is 2.60. The number of hydrogen-bond acceptors (Lipinski definition) is 4. The summed E-state index contributed by atoms with van der Waals surface area (Å²) >= 11 is 0. The van der Waals surface area contributed by atoms with Crippen molar-refractivity contribution < 1.29 is 14.3 Å². The molecule has 15 heavy (non-hydrogen) atoms. The Morgan fingerprint density at radius 2 is 2.27 bits per heavy atom. The van der Waals surface area contributed by atoms with Gasteiger partial charge in [-0.3, -0.25) is 4.79 Å². The molecule has 1 atom stereocenters. The minimum absolute atomic E-state index is 0.0138. The Bertz CT molecular complexity index is 389. The van der Waals surface area contributed by atoms with E-state index in [0.29, 0.717) is 17.1 Å². The average molecular weight is 207 g/mol. The number of para-hydroxylation sites is 1. The first-order chi connectivity index (χ1) is 7.24. The predicted molar refractivity (Wildman–Crippen MR) is 55.4 cm³/mol. The molecule has 1 heterocycles. The maximum absolute atomic E-state index is 11.9. The van der Waals surface area contributed by atoms with Gasteiger partial charge >= 0.3 is 0 Å². The second kappa shape index (κ2) is 3.90. The molecule has 1 aliphatic heterocycles. The van der Waals surface area contributed by atoms with Gasteiger partial charge in [-0.1, -0.05) is 6.07 Å². The molecule has 0 aromatic heterocycles. The maximum Gasteiger partial charge on any atom is 0.231 e. The fourth-order valence-corrected chi connectivity index (χ4v) is 1.49. The molecule has 1 N–H and O–H groups in total. The van der Waals surface area contributed by atoms with E-state index in [1.165, 1.54) is 0 Å². The number of carbonyl (C=O) groups excluding carboxylic acids is 1. The number of rotatable bonds is 3. The summed E-state index contributed by atoms with van der Waals surface area (Å²) in [6.07, 6.45) is 0. The minimum Gasteiger partial charge on any atom is -0.454 e. The first kappa shape index (κ1) is 9.98. The summed E-state index contributed by atoms with van der Waals surface area (Å²) in [6.45, 7) is 2.01. The second-order valence-electron chi connectivity index (χ2n) is 3.41. The van der Waals surface area contributed by atoms with Crippen molar-refractivity contribution in [2.24, 2.45) is 0 Å². The molecule has 1 aliphatic rings. The van der Waals surface area contributed by atoms with Gasteiger partial charge in [0, 0.05) is 0 Å². The van der Waals surface area contributed by atoms with Crippen molar-refractivity contribution in [2.75, 3.05) is 13.8 Å². The predicted octanol–water partition coefficient (Wildman–Crippen LogP) is 1.21. The summed E-state index contributed by atoms with van der Waals surface area (Å²) in [4.78, 5) is 11.9. The highest BCUT2D eigenvalue weighted by molar-refractivity contribution is 6.02. The monoisotopic (exact) mass is 207 g/mol. The van der Waals surface area contributed by atoms with Crippen molar-refractivity contribution in [3.8, 4) is 11.5 Å². The van der Waals surface area contributed by atoms with E-state index in [1.54, 1.807) is 25.2 Å². The van der Waals surface area contributed by atoms with E-state index in [1.807, 2.05) is 6.92 Å². The third-order valence-electron chi connectivity index (χ3n) is 2.49. The summed E-state index contributed by atoms with van der Waals surface area (Å²) < 4.78 is 10.5. The van der Waals surface area contributed by atoms with Gasteiger partial charge in [-0.05, 0) is 26.1 Å². The van der Waals surface area contributed by atoms with E-state index < -0.39 is 0 Å². The Morgan fingerprint density at radius 1 is 1.47 bits per heavy atom. The first-order valence-corrected chi connectivity index (χ1v) is 4.84. The van der Waals surface area contributed by atoms with Gasteiger partial charge in [-0.25, -0.2) is 0 Å². The number of hydrogen-bond donors (Lipinski definition) is 1. The molecule has 80 valence electrons. The smallest absolute Gasteiger partial charge is 0.231 e. The third kappa shape index (κ3) is 1.68. The Balaban J connectivity index is 2.37. The van der Waals surface area contributed by atoms with E-state index in [-0.39, 0.29) is 18.6 Å². The lowest BCUT2D eigenvalue weighted by molar-refractivity contribution is 0.0950. The summed E-state index contributed by atoms with van der Waals surface area (Å²) in [5.74, 6) is 1.22. The van der Waals surface area contributed by atoms with Crippen molar-refractivity contribution in [2.45, 2.75) is 13.0 Å². The Morgan fingerprint density at radius 3 is 3.00 bits per heavy atom. The fourth-order valence-electron chi connectivity index (χ4n) is 1.49. The van der Waals surface area contributed by atoms with E-state index in [9.17, 15) is 4.79 Å². The first-order valence-electron chi connectivity index (χ1n) is 4.84. The topological polar surface area (TPSA) is 47.6 Å². The van der Waals surface area contributed by atoms with Gasteiger partial charge in [-0.15, -0.1) is 0 Å². The van der Waals surface area contributed by atoms with Crippen LogP contribution >= 0.6 is 0 Å². The Hall–Kier alpha value is -1.55. The van der Waals surface area contributed by atoms with Crippen molar-refractivity contribution >= 4 is 5.78 Å². The molecule has 0 amide bonds. The van der Waals surface area contributed by atoms with Crippen LogP contribution in [0.25, 0.3) is 0 Å². The normalized spacial score (nSPS) is 15.1. The highest BCUT2D eigenvalue weighted by Crippen LogP contribution is 2.35.